The molecule has 0 aliphatic heterocycles. The van der Waals surface area contributed by atoms with Crippen molar-refractivity contribution in [2.24, 2.45) is 0 Å². The quantitative estimate of drug-likeness (QED) is 0.337. The van der Waals surface area contributed by atoms with Crippen LogP contribution in [0.5, 0.6) is 0 Å². The summed E-state index contributed by atoms with van der Waals surface area (Å²) in [5, 5.41) is 0. The zero-order valence-corrected chi connectivity index (χ0v) is 13.4. The fraction of sp³-hybridized carbons (Fsp3) is 0.444. The molecule has 15 heavy (non-hydrogen) atoms. The molecular weight excluding hydrogens is 285 g/mol. The van der Waals surface area contributed by atoms with Gasteiger partial charge in [0.25, 0.3) is 0 Å². The minimum Gasteiger partial charge on any atom is -1.00 e. The van der Waals surface area contributed by atoms with Crippen LogP contribution in [0.15, 0.2) is 18.2 Å². The van der Waals surface area contributed by atoms with E-state index in [-0.39, 0.29) is 46.5 Å². The van der Waals surface area contributed by atoms with Crippen LogP contribution in [-0.4, -0.2) is 15.4 Å². The van der Waals surface area contributed by atoms with Crippen LogP contribution in [0.2, 0.25) is 13.1 Å². The Kier molecular flexibility index (Phi) is 57.7. The van der Waals surface area contributed by atoms with Gasteiger partial charge in [0.1, 0.15) is 0 Å². The van der Waals surface area contributed by atoms with E-state index < -0.39 is 5.91 Å². The van der Waals surface area contributed by atoms with Crippen LogP contribution < -0.4 is 24.8 Å². The second-order valence-electron chi connectivity index (χ2n) is 2.14. The molecule has 0 bridgehead atoms. The number of nitrogens with one attached hydrogen (secondary N) is 1. The average molecular weight is 301 g/mol. The van der Waals surface area contributed by atoms with E-state index in [2.05, 4.69) is 25.2 Å². The molecule has 1 radical (unpaired) electrons. The Morgan fingerprint density at radius 1 is 1.40 bits per heavy atom. The van der Waals surface area contributed by atoms with Gasteiger partial charge in [0, 0.05) is 15.4 Å². The van der Waals surface area contributed by atoms with Crippen molar-refractivity contribution < 1.29 is 51.3 Å². The van der Waals surface area contributed by atoms with Crippen molar-refractivity contribution in [3.8, 4) is 0 Å². The third-order valence-electron chi connectivity index (χ3n) is 0.586. The molecule has 0 aromatic carbocycles. The maximum atomic E-state index is 9.11. The second kappa shape index (κ2) is 29.3. The molecule has 2 nitrogen and oxygen atoms in total. The van der Waals surface area contributed by atoms with Crippen LogP contribution in [0.3, 0.4) is 0 Å². The van der Waals surface area contributed by atoms with Crippen LogP contribution in [0.25, 0.3) is 5.73 Å². The van der Waals surface area contributed by atoms with Crippen LogP contribution in [0, 0.1) is 6.08 Å². The van der Waals surface area contributed by atoms with E-state index in [4.69, 9.17) is 10.5 Å². The molecule has 6 heteroatoms. The number of halogens is 2. The van der Waals surface area contributed by atoms with Crippen molar-refractivity contribution in [2.75, 3.05) is 0 Å². The Labute approximate surface area is 123 Å². The summed E-state index contributed by atoms with van der Waals surface area (Å²) in [5.41, 5.74) is 5.94. The van der Waals surface area contributed by atoms with E-state index in [0.29, 0.717) is 0 Å². The maximum absolute atomic E-state index is 9.11. The fourth-order valence-electron chi connectivity index (χ4n) is 0.340. The van der Waals surface area contributed by atoms with Gasteiger partial charge in [-0.05, 0) is 6.92 Å². The molecule has 0 aromatic rings. The SMILES string of the molecule is CC([NH-])=O.C[SiH]C.[C-]1=CC=CC1.[Cl-].[Cl-].[Ti+4]. The average Bonchev–Trinajstić information content (AvgIpc) is 2.40. The predicted octanol–water partition coefficient (Wildman–Crippen LogP) is -3.58. The number of hydrogen-bond acceptors (Lipinski definition) is 1. The predicted molar refractivity (Wildman–Crippen MR) is 55.4 cm³/mol. The van der Waals surface area contributed by atoms with E-state index in [0.717, 1.165) is 15.9 Å². The van der Waals surface area contributed by atoms with E-state index in [1.807, 2.05) is 12.2 Å². The third kappa shape index (κ3) is 75.3. The van der Waals surface area contributed by atoms with Gasteiger partial charge in [-0.15, -0.1) is 6.42 Å². The third-order valence-corrected chi connectivity index (χ3v) is 0.586. The number of hydrogen-bond donors (Lipinski definition) is 0. The van der Waals surface area contributed by atoms with Crippen molar-refractivity contribution in [1.82, 2.24) is 0 Å². The molecule has 0 unspecified atom stereocenters. The molecule has 0 fully saturated rings. The van der Waals surface area contributed by atoms with E-state index in [1.54, 1.807) is 0 Å². The molecule has 0 atom stereocenters. The van der Waals surface area contributed by atoms with Crippen molar-refractivity contribution >= 4 is 15.4 Å². The van der Waals surface area contributed by atoms with E-state index in [9.17, 15) is 0 Å². The summed E-state index contributed by atoms with van der Waals surface area (Å²) in [6.45, 7) is 5.61. The minimum atomic E-state index is -0.583. The number of amides is 1. The van der Waals surface area contributed by atoms with Crippen LogP contribution in [-0.2, 0) is 26.5 Å². The molecule has 0 spiro atoms. The fourth-order valence-corrected chi connectivity index (χ4v) is 0.340. The zero-order valence-electron chi connectivity index (χ0n) is 9.18. The standard InChI is InChI=1S/C5H5.C2H5NO.C2H7Si.2ClH.Ti/c1-2-4-5-3-1;1-2(3)4;1-3-2;;;/h1-3H,4H2;1H3,(H2,3,4);3H,1-2H3;2*1H;/q-1;;;;;+4/p-3. The number of carbonyl (C=O) groups is 1. The molecule has 0 heterocycles. The summed E-state index contributed by atoms with van der Waals surface area (Å²) < 4.78 is 0. The van der Waals surface area contributed by atoms with Gasteiger partial charge in [-0.1, -0.05) is 13.1 Å². The summed E-state index contributed by atoms with van der Waals surface area (Å²) in [6.07, 6.45) is 10.0. The molecule has 1 amide bonds. The van der Waals surface area contributed by atoms with Gasteiger partial charge >= 0.3 is 21.7 Å². The van der Waals surface area contributed by atoms with Gasteiger partial charge in [0.2, 0.25) is 0 Å². The Bertz CT molecular complexity index is 152. The maximum Gasteiger partial charge on any atom is 4.00 e. The molecule has 1 aliphatic carbocycles. The molecule has 1 rings (SSSR count). The van der Waals surface area contributed by atoms with Crippen LogP contribution in [0.1, 0.15) is 13.3 Å². The first kappa shape index (κ1) is 29.5. The Morgan fingerprint density at radius 3 is 1.80 bits per heavy atom. The van der Waals surface area contributed by atoms with Gasteiger partial charge in [0.15, 0.2) is 0 Å². The van der Waals surface area contributed by atoms with Crippen molar-refractivity contribution in [1.29, 1.82) is 0 Å². The monoisotopic (exact) mass is 300 g/mol. The van der Waals surface area contributed by atoms with E-state index >= 15 is 0 Å². The Balaban J connectivity index is -0.0000000313. The van der Waals surface area contributed by atoms with E-state index in [1.165, 1.54) is 6.92 Å². The van der Waals surface area contributed by atoms with Gasteiger partial charge in [-0.2, -0.15) is 6.08 Å². The van der Waals surface area contributed by atoms with Crippen molar-refractivity contribution in [2.45, 2.75) is 26.4 Å². The first-order valence-corrected chi connectivity index (χ1v) is 6.14. The second-order valence-corrected chi connectivity index (χ2v) is 3.29. The topological polar surface area (TPSA) is 40.9 Å². The van der Waals surface area contributed by atoms with Gasteiger partial charge in [0.05, 0.1) is 0 Å². The number of carbonyl (C=O) groups excluding carboxylic acids is 1. The summed E-state index contributed by atoms with van der Waals surface area (Å²) in [7, 11) is 0.750. The minimum absolute atomic E-state index is 0. The Hall–Kier alpha value is 0.461. The largest absolute Gasteiger partial charge is 4.00 e. The molecule has 0 aromatic heterocycles. The molecule has 1 N–H and O–H groups in total. The molecule has 1 aliphatic rings. The molecule has 0 saturated carbocycles. The van der Waals surface area contributed by atoms with Crippen LogP contribution >= 0.6 is 0 Å². The molecular formula is C9H16Cl2NOSiTi. The summed E-state index contributed by atoms with van der Waals surface area (Å²) in [6, 6.07) is 0. The molecule has 0 saturated heterocycles. The van der Waals surface area contributed by atoms with Crippen LogP contribution in [0.4, 0.5) is 0 Å². The summed E-state index contributed by atoms with van der Waals surface area (Å²) in [4.78, 5) is 9.11. The zero-order chi connectivity index (χ0) is 9.82. The summed E-state index contributed by atoms with van der Waals surface area (Å²) >= 11 is 0. The normalized spacial score (nSPS) is 8.73. The number of allylic oxidation sites excluding steroid dienone is 4. The first-order valence-electron chi connectivity index (χ1n) is 3.83. The first-order chi connectivity index (χ1) is 5.65. The Morgan fingerprint density at radius 2 is 1.73 bits per heavy atom. The van der Waals surface area contributed by atoms with Gasteiger partial charge < -0.3 is 35.3 Å². The number of rotatable bonds is 0. The van der Waals surface area contributed by atoms with Crippen molar-refractivity contribution in [3.63, 3.8) is 0 Å². The summed E-state index contributed by atoms with van der Waals surface area (Å²) in [5.74, 6) is -0.583. The molecule has 85 valence electrons. The smallest absolute Gasteiger partial charge is 1.00 e. The van der Waals surface area contributed by atoms with Gasteiger partial charge in [-0.25, -0.2) is 12.2 Å². The van der Waals surface area contributed by atoms with Gasteiger partial charge in [-0.3, -0.25) is 6.08 Å². The van der Waals surface area contributed by atoms with Crippen molar-refractivity contribution in [3.05, 3.63) is 30.0 Å².